The number of aromatic amines is 1. The Kier molecular flexibility index (Phi) is 6.66. The number of amides is 1. The standard InChI is InChI=1S/C18H16Cl2N4O3S/c1-26-14-8-15(27-2)13(7-12(14)20)21-16(25)9-28-18-22-17(23-24-18)10-3-5-11(19)6-4-10/h3-8H,9H2,1-2H3,(H,21,25)(H,22,23,24). The molecule has 28 heavy (non-hydrogen) atoms. The molecule has 3 rings (SSSR count). The first-order valence-corrected chi connectivity index (χ1v) is 9.77. The summed E-state index contributed by atoms with van der Waals surface area (Å²) in [6.45, 7) is 0. The summed E-state index contributed by atoms with van der Waals surface area (Å²) in [6, 6.07) is 10.4. The van der Waals surface area contributed by atoms with E-state index in [2.05, 4.69) is 20.5 Å². The first-order chi connectivity index (χ1) is 13.5. The molecule has 0 saturated heterocycles. The summed E-state index contributed by atoms with van der Waals surface area (Å²) < 4.78 is 10.4. The number of carbonyl (C=O) groups is 1. The lowest BCUT2D eigenvalue weighted by atomic mass is 10.2. The van der Waals surface area contributed by atoms with Gasteiger partial charge in [-0.2, -0.15) is 0 Å². The van der Waals surface area contributed by atoms with E-state index in [-0.39, 0.29) is 11.7 Å². The molecule has 0 radical (unpaired) electrons. The number of nitrogens with one attached hydrogen (secondary N) is 2. The second kappa shape index (κ2) is 9.18. The summed E-state index contributed by atoms with van der Waals surface area (Å²) in [7, 11) is 3.00. The van der Waals surface area contributed by atoms with Crippen LogP contribution in [0.1, 0.15) is 0 Å². The minimum Gasteiger partial charge on any atom is -0.495 e. The maximum atomic E-state index is 12.3. The minimum absolute atomic E-state index is 0.116. The average molecular weight is 439 g/mol. The highest BCUT2D eigenvalue weighted by molar-refractivity contribution is 7.99. The van der Waals surface area contributed by atoms with Gasteiger partial charge in [-0.15, -0.1) is 5.10 Å². The first kappa shape index (κ1) is 20.3. The van der Waals surface area contributed by atoms with Crippen LogP contribution in [0.15, 0.2) is 41.6 Å². The fourth-order valence-corrected chi connectivity index (χ4v) is 3.29. The summed E-state index contributed by atoms with van der Waals surface area (Å²) in [6.07, 6.45) is 0. The monoisotopic (exact) mass is 438 g/mol. The van der Waals surface area contributed by atoms with Gasteiger partial charge in [0.05, 0.1) is 30.7 Å². The predicted molar refractivity (Wildman–Crippen MR) is 111 cm³/mol. The third-order valence-electron chi connectivity index (χ3n) is 3.66. The number of thioether (sulfide) groups is 1. The molecule has 146 valence electrons. The smallest absolute Gasteiger partial charge is 0.234 e. The Balaban J connectivity index is 1.62. The topological polar surface area (TPSA) is 89.1 Å². The summed E-state index contributed by atoms with van der Waals surface area (Å²) in [4.78, 5) is 16.7. The number of hydrogen-bond acceptors (Lipinski definition) is 6. The Labute approximate surface area is 175 Å². The summed E-state index contributed by atoms with van der Waals surface area (Å²) in [5.74, 6) is 1.37. The lowest BCUT2D eigenvalue weighted by molar-refractivity contribution is -0.113. The molecule has 0 aliphatic heterocycles. The van der Waals surface area contributed by atoms with Gasteiger partial charge in [-0.05, 0) is 30.3 Å². The van der Waals surface area contributed by atoms with Gasteiger partial charge in [-0.25, -0.2) is 4.98 Å². The van der Waals surface area contributed by atoms with Crippen molar-refractivity contribution in [3.05, 3.63) is 46.4 Å². The number of rotatable bonds is 7. The summed E-state index contributed by atoms with van der Waals surface area (Å²) >= 11 is 13.2. The zero-order valence-electron chi connectivity index (χ0n) is 15.0. The van der Waals surface area contributed by atoms with Crippen molar-refractivity contribution in [2.75, 3.05) is 25.3 Å². The molecule has 0 spiro atoms. The molecule has 0 saturated carbocycles. The molecule has 0 bridgehead atoms. The van der Waals surface area contributed by atoms with Crippen molar-refractivity contribution in [3.63, 3.8) is 0 Å². The molecule has 1 aromatic heterocycles. The predicted octanol–water partition coefficient (Wildman–Crippen LogP) is 4.53. The van der Waals surface area contributed by atoms with Crippen LogP contribution in [-0.4, -0.2) is 41.1 Å². The molecule has 1 heterocycles. The summed E-state index contributed by atoms with van der Waals surface area (Å²) in [5, 5.41) is 11.2. The quantitative estimate of drug-likeness (QED) is 0.526. The van der Waals surface area contributed by atoms with E-state index < -0.39 is 0 Å². The van der Waals surface area contributed by atoms with E-state index in [0.717, 1.165) is 5.56 Å². The summed E-state index contributed by atoms with van der Waals surface area (Å²) in [5.41, 5.74) is 1.31. The highest BCUT2D eigenvalue weighted by Crippen LogP contribution is 2.36. The number of H-pyrrole nitrogens is 1. The van der Waals surface area contributed by atoms with Crippen molar-refractivity contribution in [1.82, 2.24) is 15.2 Å². The third kappa shape index (κ3) is 4.89. The number of carbonyl (C=O) groups excluding carboxylic acids is 1. The molecular formula is C18H16Cl2N4O3S. The zero-order chi connectivity index (χ0) is 20.1. The first-order valence-electron chi connectivity index (χ1n) is 8.02. The van der Waals surface area contributed by atoms with Gasteiger partial charge in [0.2, 0.25) is 11.1 Å². The van der Waals surface area contributed by atoms with Gasteiger partial charge in [-0.1, -0.05) is 35.0 Å². The van der Waals surface area contributed by atoms with Crippen molar-refractivity contribution in [2.24, 2.45) is 0 Å². The number of ether oxygens (including phenoxy) is 2. The van der Waals surface area contributed by atoms with Crippen LogP contribution in [-0.2, 0) is 4.79 Å². The largest absolute Gasteiger partial charge is 0.495 e. The third-order valence-corrected chi connectivity index (χ3v) is 5.06. The molecule has 3 aromatic rings. The van der Waals surface area contributed by atoms with Crippen molar-refractivity contribution in [2.45, 2.75) is 5.16 Å². The van der Waals surface area contributed by atoms with Gasteiger partial charge in [-0.3, -0.25) is 9.89 Å². The maximum Gasteiger partial charge on any atom is 0.234 e. The molecule has 0 unspecified atom stereocenters. The second-order valence-corrected chi connectivity index (χ2v) is 7.28. The fourth-order valence-electron chi connectivity index (χ4n) is 2.32. The van der Waals surface area contributed by atoms with E-state index in [9.17, 15) is 4.79 Å². The van der Waals surface area contributed by atoms with Gasteiger partial charge in [0, 0.05) is 16.7 Å². The van der Waals surface area contributed by atoms with Crippen LogP contribution in [0, 0.1) is 0 Å². The van der Waals surface area contributed by atoms with Crippen molar-refractivity contribution < 1.29 is 14.3 Å². The fraction of sp³-hybridized carbons (Fsp3) is 0.167. The van der Waals surface area contributed by atoms with Crippen LogP contribution in [0.5, 0.6) is 11.5 Å². The Morgan fingerprint density at radius 1 is 1.14 bits per heavy atom. The van der Waals surface area contributed by atoms with Crippen LogP contribution >= 0.6 is 35.0 Å². The van der Waals surface area contributed by atoms with Gasteiger partial charge < -0.3 is 14.8 Å². The Hall–Kier alpha value is -2.42. The number of benzene rings is 2. The highest BCUT2D eigenvalue weighted by Gasteiger charge is 2.14. The number of anilines is 1. The van der Waals surface area contributed by atoms with Gasteiger partial charge in [0.1, 0.15) is 11.5 Å². The van der Waals surface area contributed by atoms with Crippen molar-refractivity contribution in [3.8, 4) is 22.9 Å². The van der Waals surface area contributed by atoms with Gasteiger partial charge in [0.15, 0.2) is 5.82 Å². The number of aromatic nitrogens is 3. The molecule has 2 N–H and O–H groups in total. The molecule has 7 nitrogen and oxygen atoms in total. The van der Waals surface area contributed by atoms with Gasteiger partial charge >= 0.3 is 0 Å². The van der Waals surface area contributed by atoms with Crippen molar-refractivity contribution >= 4 is 46.6 Å². The van der Waals surface area contributed by atoms with Crippen LogP contribution in [0.3, 0.4) is 0 Å². The Morgan fingerprint density at radius 2 is 1.86 bits per heavy atom. The molecule has 0 atom stereocenters. The number of nitrogens with zero attached hydrogens (tertiary/aromatic N) is 2. The number of halogens is 2. The van der Waals surface area contributed by atoms with Crippen LogP contribution in [0.4, 0.5) is 5.69 Å². The Bertz CT molecular complexity index is 979. The maximum absolute atomic E-state index is 12.3. The molecular weight excluding hydrogens is 423 g/mol. The van der Waals surface area contributed by atoms with Gasteiger partial charge in [0.25, 0.3) is 0 Å². The molecule has 10 heteroatoms. The zero-order valence-corrected chi connectivity index (χ0v) is 17.3. The van der Waals surface area contributed by atoms with E-state index in [1.807, 2.05) is 12.1 Å². The SMILES string of the molecule is COc1cc(OC)c(NC(=O)CSc2n[nH]c(-c3ccc(Cl)cc3)n2)cc1Cl. The van der Waals surface area contributed by atoms with Crippen molar-refractivity contribution in [1.29, 1.82) is 0 Å². The molecule has 2 aromatic carbocycles. The van der Waals surface area contributed by atoms with Crippen LogP contribution in [0.25, 0.3) is 11.4 Å². The van der Waals surface area contributed by atoms with E-state index >= 15 is 0 Å². The number of hydrogen-bond donors (Lipinski definition) is 2. The molecule has 1 amide bonds. The molecule has 0 fully saturated rings. The highest BCUT2D eigenvalue weighted by atomic mass is 35.5. The second-order valence-electron chi connectivity index (χ2n) is 5.50. The molecule has 0 aliphatic rings. The minimum atomic E-state index is -0.248. The Morgan fingerprint density at radius 3 is 2.54 bits per heavy atom. The molecule has 0 aliphatic carbocycles. The lowest BCUT2D eigenvalue weighted by Gasteiger charge is -2.12. The lowest BCUT2D eigenvalue weighted by Crippen LogP contribution is -2.15. The van der Waals surface area contributed by atoms with Crippen LogP contribution in [0.2, 0.25) is 10.0 Å². The van der Waals surface area contributed by atoms with E-state index in [0.29, 0.717) is 38.2 Å². The average Bonchev–Trinajstić information content (AvgIpc) is 3.16. The number of methoxy groups -OCH3 is 2. The normalized spacial score (nSPS) is 10.6. The van der Waals surface area contributed by atoms with Crippen LogP contribution < -0.4 is 14.8 Å². The van der Waals surface area contributed by atoms with E-state index in [1.165, 1.54) is 26.0 Å². The van der Waals surface area contributed by atoms with E-state index in [4.69, 9.17) is 32.7 Å². The van der Waals surface area contributed by atoms with E-state index in [1.54, 1.807) is 24.3 Å².